The summed E-state index contributed by atoms with van der Waals surface area (Å²) in [5.74, 6) is 0. The maximum atomic E-state index is 6.49. The summed E-state index contributed by atoms with van der Waals surface area (Å²) >= 11 is 0. The number of allylic oxidation sites excluding steroid dienone is 3. The summed E-state index contributed by atoms with van der Waals surface area (Å²) in [6.07, 6.45) is 8.67. The predicted molar refractivity (Wildman–Crippen MR) is 205 cm³/mol. The monoisotopic (exact) mass is 624 g/mol. The maximum absolute atomic E-state index is 6.49. The molecule has 0 aliphatic heterocycles. The summed E-state index contributed by atoms with van der Waals surface area (Å²) < 4.78 is 0. The third-order valence-electron chi connectivity index (χ3n) is 10.8. The predicted octanol–water partition coefficient (Wildman–Crippen LogP) is 11.0. The van der Waals surface area contributed by atoms with E-state index in [1.54, 1.807) is 6.20 Å². The Balaban J connectivity index is 1.37. The zero-order valence-electron chi connectivity index (χ0n) is 26.9. The molecule has 2 aliphatic carbocycles. The molecule has 230 valence electrons. The molecule has 0 radical (unpaired) electrons. The molecule has 0 bridgehead atoms. The van der Waals surface area contributed by atoms with E-state index in [9.17, 15) is 0 Å². The minimum Gasteiger partial charge on any atom is -0.404 e. The highest BCUT2D eigenvalue weighted by atomic mass is 14.7. The zero-order valence-corrected chi connectivity index (χ0v) is 26.9. The van der Waals surface area contributed by atoms with Crippen LogP contribution in [-0.4, -0.2) is 4.98 Å². The molecule has 2 heteroatoms. The van der Waals surface area contributed by atoms with E-state index in [1.807, 2.05) is 18.3 Å². The van der Waals surface area contributed by atoms with Crippen LogP contribution in [0.3, 0.4) is 0 Å². The van der Waals surface area contributed by atoms with Crippen molar-refractivity contribution in [2.24, 2.45) is 5.73 Å². The first-order valence-electron chi connectivity index (χ1n) is 17.0. The Morgan fingerprint density at radius 2 is 1.10 bits per heavy atom. The van der Waals surface area contributed by atoms with Gasteiger partial charge in [-0.05, 0) is 106 Å². The van der Waals surface area contributed by atoms with Crippen LogP contribution in [0.1, 0.15) is 33.5 Å². The highest BCUT2D eigenvalue weighted by molar-refractivity contribution is 6.22. The molecular formula is C47H32N2. The molecule has 7 aromatic carbocycles. The van der Waals surface area contributed by atoms with Gasteiger partial charge in [0.05, 0.1) is 5.41 Å². The number of pyridine rings is 1. The van der Waals surface area contributed by atoms with Crippen LogP contribution in [-0.2, 0) is 11.8 Å². The first-order chi connectivity index (χ1) is 24.3. The molecule has 1 aromatic heterocycles. The van der Waals surface area contributed by atoms with Gasteiger partial charge >= 0.3 is 0 Å². The van der Waals surface area contributed by atoms with Crippen LogP contribution in [0.2, 0.25) is 0 Å². The lowest BCUT2D eigenvalue weighted by molar-refractivity contribution is 0.809. The van der Waals surface area contributed by atoms with Crippen molar-refractivity contribution in [2.75, 3.05) is 0 Å². The van der Waals surface area contributed by atoms with Gasteiger partial charge in [0, 0.05) is 24.5 Å². The van der Waals surface area contributed by atoms with Crippen molar-refractivity contribution in [3.63, 3.8) is 0 Å². The molecule has 49 heavy (non-hydrogen) atoms. The number of hydrogen-bond acceptors (Lipinski definition) is 2. The third kappa shape index (κ3) is 3.74. The fourth-order valence-corrected chi connectivity index (χ4v) is 8.99. The molecule has 2 nitrogen and oxygen atoms in total. The van der Waals surface area contributed by atoms with Gasteiger partial charge in [0.25, 0.3) is 0 Å². The summed E-state index contributed by atoms with van der Waals surface area (Å²) in [6, 6.07) is 53.5. The van der Waals surface area contributed by atoms with Crippen LogP contribution in [0, 0.1) is 0 Å². The summed E-state index contributed by atoms with van der Waals surface area (Å²) in [4.78, 5) is 4.53. The van der Waals surface area contributed by atoms with Gasteiger partial charge in [0.2, 0.25) is 0 Å². The van der Waals surface area contributed by atoms with Crippen LogP contribution in [0.25, 0.3) is 60.1 Å². The number of nitrogens with two attached hydrogens (primary N) is 1. The molecule has 8 aromatic rings. The molecule has 0 atom stereocenters. The fourth-order valence-electron chi connectivity index (χ4n) is 8.99. The molecule has 2 N–H and O–H groups in total. The smallest absolute Gasteiger partial charge is 0.0737 e. The third-order valence-corrected chi connectivity index (χ3v) is 10.8. The second-order valence-electron chi connectivity index (χ2n) is 13.1. The largest absolute Gasteiger partial charge is 0.404 e. The Kier molecular flexibility index (Phi) is 6.04. The second-order valence-corrected chi connectivity index (χ2v) is 13.1. The number of fused-ring (bicyclic) bond motifs is 17. The minimum absolute atomic E-state index is 0.499. The van der Waals surface area contributed by atoms with Crippen LogP contribution in [0.15, 0.2) is 170 Å². The van der Waals surface area contributed by atoms with E-state index >= 15 is 0 Å². The first kappa shape index (κ1) is 27.8. The van der Waals surface area contributed by atoms with E-state index in [0.29, 0.717) is 0 Å². The summed E-state index contributed by atoms with van der Waals surface area (Å²) in [7, 11) is 0. The molecular weight excluding hydrogens is 593 g/mol. The lowest BCUT2D eigenvalue weighted by atomic mass is 9.68. The van der Waals surface area contributed by atoms with Crippen LogP contribution in [0.4, 0.5) is 0 Å². The topological polar surface area (TPSA) is 38.9 Å². The Hall–Kier alpha value is -6.25. The number of nitrogens with zero attached hydrogens (tertiary/aromatic N) is 1. The van der Waals surface area contributed by atoms with Gasteiger partial charge in [-0.15, -0.1) is 0 Å². The van der Waals surface area contributed by atoms with Gasteiger partial charge in [-0.25, -0.2) is 0 Å². The average molecular weight is 625 g/mol. The maximum Gasteiger partial charge on any atom is 0.0737 e. The van der Waals surface area contributed by atoms with Crippen molar-refractivity contribution in [1.82, 2.24) is 4.98 Å². The second kappa shape index (κ2) is 10.6. The van der Waals surface area contributed by atoms with Crippen LogP contribution in [0.5, 0.6) is 0 Å². The molecule has 0 saturated heterocycles. The Labute approximate surface area is 285 Å². The van der Waals surface area contributed by atoms with E-state index in [-0.39, 0.29) is 0 Å². The fraction of sp³-hybridized carbons (Fsp3) is 0.0426. The normalized spacial score (nSPS) is 14.1. The van der Waals surface area contributed by atoms with Gasteiger partial charge in [0.1, 0.15) is 0 Å². The quantitative estimate of drug-likeness (QED) is 0.156. The Morgan fingerprint density at radius 3 is 1.76 bits per heavy atom. The van der Waals surface area contributed by atoms with E-state index in [0.717, 1.165) is 23.3 Å². The van der Waals surface area contributed by atoms with Crippen LogP contribution >= 0.6 is 0 Å². The van der Waals surface area contributed by atoms with Crippen molar-refractivity contribution in [3.8, 4) is 22.3 Å². The van der Waals surface area contributed by atoms with E-state index < -0.39 is 5.41 Å². The van der Waals surface area contributed by atoms with E-state index in [1.165, 1.54) is 76.8 Å². The SMILES string of the molecule is N/C=C(\C=C/Cc1ccccn1)c1cc2c(c3ccccc13)C1(c3ccccc3-c3ccccc31)c1c-2c2ccccc2c2ccccc12. The number of hydrogen-bond donors (Lipinski definition) is 1. The lowest BCUT2D eigenvalue weighted by Crippen LogP contribution is -2.26. The summed E-state index contributed by atoms with van der Waals surface area (Å²) in [5, 5.41) is 7.59. The highest BCUT2D eigenvalue weighted by Gasteiger charge is 2.54. The number of rotatable bonds is 4. The highest BCUT2D eigenvalue weighted by Crippen LogP contribution is 2.66. The molecule has 1 spiro atoms. The summed E-state index contributed by atoms with van der Waals surface area (Å²) in [6.45, 7) is 0. The molecule has 0 unspecified atom stereocenters. The molecule has 2 aliphatic rings. The van der Waals surface area contributed by atoms with Gasteiger partial charge in [0.15, 0.2) is 0 Å². The molecule has 10 rings (SSSR count). The van der Waals surface area contributed by atoms with E-state index in [2.05, 4.69) is 151 Å². The summed E-state index contributed by atoms with van der Waals surface area (Å²) in [5.41, 5.74) is 19.8. The molecule has 0 fully saturated rings. The standard InChI is InChI=1S/C47H32N2/c48-29-30(14-13-16-31-15-11-12-27-49-31)40-28-41-44-37-22-4-1-17-32(37)33-18-2-6-24-39(33)46(44)47(45(41)38-23-5-3-19-34(38)40)42-25-9-7-20-35(42)36-21-8-10-26-43(36)47/h1-15,17-29H,16,48H2/b14-13-,30-29+. The van der Waals surface area contributed by atoms with Gasteiger partial charge in [-0.1, -0.05) is 140 Å². The van der Waals surface area contributed by atoms with Gasteiger partial charge < -0.3 is 5.73 Å². The average Bonchev–Trinajstić information content (AvgIpc) is 3.65. The Morgan fingerprint density at radius 1 is 0.551 bits per heavy atom. The van der Waals surface area contributed by atoms with Crippen molar-refractivity contribution in [1.29, 1.82) is 0 Å². The van der Waals surface area contributed by atoms with Crippen molar-refractivity contribution >= 4 is 37.9 Å². The van der Waals surface area contributed by atoms with Crippen molar-refractivity contribution < 1.29 is 0 Å². The minimum atomic E-state index is -0.499. The van der Waals surface area contributed by atoms with Gasteiger partial charge in [-0.3, -0.25) is 4.98 Å². The first-order valence-corrected chi connectivity index (χ1v) is 17.0. The zero-order chi connectivity index (χ0) is 32.5. The van der Waals surface area contributed by atoms with E-state index in [4.69, 9.17) is 5.73 Å². The van der Waals surface area contributed by atoms with Gasteiger partial charge in [-0.2, -0.15) is 0 Å². The van der Waals surface area contributed by atoms with Crippen molar-refractivity contribution in [2.45, 2.75) is 11.8 Å². The number of benzene rings is 7. The molecule has 0 amide bonds. The van der Waals surface area contributed by atoms with Crippen LogP contribution < -0.4 is 5.73 Å². The number of aromatic nitrogens is 1. The lowest BCUT2D eigenvalue weighted by Gasteiger charge is -2.33. The Bertz CT molecular complexity index is 2650. The molecule has 1 heterocycles. The molecule has 0 saturated carbocycles. The van der Waals surface area contributed by atoms with Crippen molar-refractivity contribution in [3.05, 3.63) is 204 Å².